The number of nitrogens with zero attached hydrogens (tertiary/aromatic N) is 1. The Morgan fingerprint density at radius 1 is 0.976 bits per heavy atom. The number of benzene rings is 3. The number of likely N-dealkylation sites (N-methyl/N-ethyl adjacent to an activating group) is 1. The maximum Gasteiger partial charge on any atom is 0.243 e. The van der Waals surface area contributed by atoms with Gasteiger partial charge in [-0.05, 0) is 41.8 Å². The molecule has 4 N–H and O–H groups in total. The van der Waals surface area contributed by atoms with Crippen molar-refractivity contribution in [1.82, 2.24) is 15.5 Å². The number of hydrogen-bond acceptors (Lipinski definition) is 6. The predicted molar refractivity (Wildman–Crippen MR) is 157 cm³/mol. The Morgan fingerprint density at radius 2 is 1.68 bits per heavy atom. The van der Waals surface area contributed by atoms with Crippen LogP contribution in [0.25, 0.3) is 0 Å². The van der Waals surface area contributed by atoms with Crippen LogP contribution in [0.15, 0.2) is 72.8 Å². The molecule has 1 atom stereocenters. The Morgan fingerprint density at radius 3 is 2.34 bits per heavy atom. The van der Waals surface area contributed by atoms with E-state index in [1.54, 1.807) is 19.2 Å². The molecule has 8 nitrogen and oxygen atoms in total. The first kappa shape index (κ1) is 31.4. The molecule has 3 aromatic carbocycles. The third-order valence-corrected chi connectivity index (χ3v) is 6.71. The summed E-state index contributed by atoms with van der Waals surface area (Å²) in [6.45, 7) is 3.14. The predicted octanol–water partition coefficient (Wildman–Crippen LogP) is 3.16. The summed E-state index contributed by atoms with van der Waals surface area (Å²) in [6, 6.07) is 20.8. The first-order valence-corrected chi connectivity index (χ1v) is 13.8. The second kappa shape index (κ2) is 16.2. The molecule has 0 aliphatic heterocycles. The summed E-state index contributed by atoms with van der Waals surface area (Å²) < 4.78 is 19.5. The lowest BCUT2D eigenvalue weighted by molar-refractivity contribution is -0.139. The van der Waals surface area contributed by atoms with Gasteiger partial charge in [-0.25, -0.2) is 4.39 Å². The fraction of sp³-hybridized carbons (Fsp3) is 0.344. The van der Waals surface area contributed by atoms with Crippen molar-refractivity contribution < 1.29 is 23.5 Å². The number of halogens is 1. The number of nitrogens with one attached hydrogen (secondary N) is 2. The van der Waals surface area contributed by atoms with Crippen LogP contribution in [0.1, 0.15) is 35.6 Å². The summed E-state index contributed by atoms with van der Waals surface area (Å²) in [6.07, 6.45) is 0.728. The van der Waals surface area contributed by atoms with Gasteiger partial charge in [0.1, 0.15) is 17.6 Å². The molecular formula is C32H39FN4O4. The summed E-state index contributed by atoms with van der Waals surface area (Å²) in [5.41, 5.74) is 8.33. The van der Waals surface area contributed by atoms with Gasteiger partial charge in [0.25, 0.3) is 0 Å². The lowest BCUT2D eigenvalue weighted by atomic mass is 10.0. The van der Waals surface area contributed by atoms with E-state index < -0.39 is 11.9 Å². The first-order chi connectivity index (χ1) is 19.8. The minimum absolute atomic E-state index is 0.00669. The Kier molecular flexibility index (Phi) is 12.5. The van der Waals surface area contributed by atoms with Gasteiger partial charge in [0.15, 0.2) is 5.78 Å². The van der Waals surface area contributed by atoms with E-state index in [9.17, 15) is 18.8 Å². The van der Waals surface area contributed by atoms with Crippen molar-refractivity contribution in [2.24, 2.45) is 5.73 Å². The summed E-state index contributed by atoms with van der Waals surface area (Å²) in [5.74, 6) is -0.221. The molecule has 0 heterocycles. The molecule has 9 heteroatoms. The third kappa shape index (κ3) is 10.1. The minimum Gasteiger partial charge on any atom is -0.494 e. The number of rotatable bonds is 16. The molecule has 0 bridgehead atoms. The van der Waals surface area contributed by atoms with Gasteiger partial charge in [0.05, 0.1) is 13.2 Å². The highest BCUT2D eigenvalue weighted by Crippen LogP contribution is 2.14. The van der Waals surface area contributed by atoms with Crippen LogP contribution in [0.3, 0.4) is 0 Å². The maximum absolute atomic E-state index is 14.1. The molecule has 0 saturated carbocycles. The number of nitrogens with two attached hydrogens (primary N) is 1. The third-order valence-electron chi connectivity index (χ3n) is 6.71. The van der Waals surface area contributed by atoms with Crippen LogP contribution in [-0.2, 0) is 40.3 Å². The van der Waals surface area contributed by atoms with E-state index in [0.717, 1.165) is 16.9 Å². The quantitative estimate of drug-likeness (QED) is 0.231. The topological polar surface area (TPSA) is 114 Å². The molecule has 0 saturated heterocycles. The van der Waals surface area contributed by atoms with Crippen LogP contribution < -0.4 is 21.1 Å². The van der Waals surface area contributed by atoms with Crippen LogP contribution in [0, 0.1) is 5.82 Å². The minimum atomic E-state index is -0.764. The molecule has 0 fully saturated rings. The molecule has 41 heavy (non-hydrogen) atoms. The number of carbonyl (C=O) groups is 3. The van der Waals surface area contributed by atoms with Crippen LogP contribution in [0.5, 0.6) is 5.75 Å². The normalized spacial score (nSPS) is 11.5. The summed E-state index contributed by atoms with van der Waals surface area (Å²) in [7, 11) is 1.60. The highest BCUT2D eigenvalue weighted by atomic mass is 19.1. The standard InChI is InChI=1S/C32H39FN4O4/c1-3-41-28-13-10-24(11-14-28)17-27(38)22-35-16-15-31(39)37(2)30(19-23-7-5-4-6-8-23)32(40)36-21-25-9-12-26(20-34)29(33)18-25/h4-14,18,30,35H,3,15-17,19-22,34H2,1-2H3,(H,36,40)/t30-/m0/s1. The van der Waals surface area contributed by atoms with E-state index in [0.29, 0.717) is 30.7 Å². The average molecular weight is 563 g/mol. The van der Waals surface area contributed by atoms with Gasteiger partial charge >= 0.3 is 0 Å². The first-order valence-electron chi connectivity index (χ1n) is 13.8. The molecule has 3 rings (SSSR count). The average Bonchev–Trinajstić information content (AvgIpc) is 2.98. The zero-order chi connectivity index (χ0) is 29.6. The fourth-order valence-corrected chi connectivity index (χ4v) is 4.35. The van der Waals surface area contributed by atoms with Gasteiger partial charge in [-0.3, -0.25) is 14.4 Å². The van der Waals surface area contributed by atoms with Crippen molar-refractivity contribution in [3.05, 3.63) is 101 Å². The van der Waals surface area contributed by atoms with E-state index in [1.165, 1.54) is 11.0 Å². The van der Waals surface area contributed by atoms with E-state index in [2.05, 4.69) is 10.6 Å². The molecule has 0 aliphatic carbocycles. The summed E-state index contributed by atoms with van der Waals surface area (Å²) in [4.78, 5) is 40.1. The van der Waals surface area contributed by atoms with E-state index >= 15 is 0 Å². The number of ether oxygens (including phenoxy) is 1. The van der Waals surface area contributed by atoms with Crippen molar-refractivity contribution in [3.8, 4) is 5.75 Å². The van der Waals surface area contributed by atoms with Crippen LogP contribution in [0.2, 0.25) is 0 Å². The fourth-order valence-electron chi connectivity index (χ4n) is 4.35. The van der Waals surface area contributed by atoms with Gasteiger partial charge in [-0.15, -0.1) is 0 Å². The SMILES string of the molecule is CCOc1ccc(CC(=O)CNCCC(=O)N(C)[C@@H](Cc2ccccc2)C(=O)NCc2ccc(CN)c(F)c2)cc1. The van der Waals surface area contributed by atoms with Gasteiger partial charge < -0.3 is 26.0 Å². The van der Waals surface area contributed by atoms with E-state index in [4.69, 9.17) is 10.5 Å². The highest BCUT2D eigenvalue weighted by molar-refractivity contribution is 5.88. The number of carbonyl (C=O) groups excluding carboxylic acids is 3. The van der Waals surface area contributed by atoms with Crippen LogP contribution in [-0.4, -0.2) is 55.3 Å². The molecule has 0 spiro atoms. The van der Waals surface area contributed by atoms with Crippen LogP contribution >= 0.6 is 0 Å². The Labute approximate surface area is 241 Å². The number of amides is 2. The zero-order valence-electron chi connectivity index (χ0n) is 23.7. The van der Waals surface area contributed by atoms with Gasteiger partial charge in [0, 0.05) is 51.5 Å². The Bertz CT molecular complexity index is 1280. The van der Waals surface area contributed by atoms with Gasteiger partial charge in [0.2, 0.25) is 11.8 Å². The second-order valence-electron chi connectivity index (χ2n) is 9.78. The largest absolute Gasteiger partial charge is 0.494 e. The molecule has 218 valence electrons. The maximum atomic E-state index is 14.1. The Balaban J connectivity index is 1.52. The molecule has 0 aliphatic rings. The van der Waals surface area contributed by atoms with Crippen molar-refractivity contribution in [2.45, 2.75) is 45.3 Å². The highest BCUT2D eigenvalue weighted by Gasteiger charge is 2.27. The van der Waals surface area contributed by atoms with Crippen molar-refractivity contribution in [2.75, 3.05) is 26.7 Å². The molecule has 0 unspecified atom stereocenters. The zero-order valence-corrected chi connectivity index (χ0v) is 23.7. The summed E-state index contributed by atoms with van der Waals surface area (Å²) in [5, 5.41) is 5.87. The monoisotopic (exact) mass is 562 g/mol. The van der Waals surface area contributed by atoms with Crippen molar-refractivity contribution in [1.29, 1.82) is 0 Å². The molecular weight excluding hydrogens is 523 g/mol. The molecule has 3 aromatic rings. The van der Waals surface area contributed by atoms with Crippen molar-refractivity contribution >= 4 is 17.6 Å². The van der Waals surface area contributed by atoms with Crippen molar-refractivity contribution in [3.63, 3.8) is 0 Å². The lowest BCUT2D eigenvalue weighted by Gasteiger charge is -2.28. The van der Waals surface area contributed by atoms with E-state index in [1.807, 2.05) is 61.5 Å². The molecule has 0 aromatic heterocycles. The van der Waals surface area contributed by atoms with Gasteiger partial charge in [-0.2, -0.15) is 0 Å². The molecule has 0 radical (unpaired) electrons. The van der Waals surface area contributed by atoms with Crippen LogP contribution in [0.4, 0.5) is 4.39 Å². The Hall–Kier alpha value is -4.08. The second-order valence-corrected chi connectivity index (χ2v) is 9.78. The smallest absolute Gasteiger partial charge is 0.243 e. The van der Waals surface area contributed by atoms with Gasteiger partial charge in [-0.1, -0.05) is 54.6 Å². The number of hydrogen-bond donors (Lipinski definition) is 3. The number of Topliss-reactive ketones (excluding diaryl/α,β-unsaturated/α-hetero) is 1. The molecule has 2 amide bonds. The van der Waals surface area contributed by atoms with E-state index in [-0.39, 0.29) is 50.1 Å². The lowest BCUT2D eigenvalue weighted by Crippen LogP contribution is -2.49. The number of ketones is 1. The summed E-state index contributed by atoms with van der Waals surface area (Å²) >= 11 is 0.